The fraction of sp³-hybridized carbons (Fsp3) is 0.565. The zero-order valence-electron chi connectivity index (χ0n) is 18.6. The van der Waals surface area contributed by atoms with E-state index in [0.29, 0.717) is 6.04 Å². The van der Waals surface area contributed by atoms with Gasteiger partial charge in [-0.05, 0) is 52.6 Å². The Morgan fingerprint density at radius 3 is 2.69 bits per heavy atom. The average molecular weight is 399 g/mol. The summed E-state index contributed by atoms with van der Waals surface area (Å²) in [4.78, 5) is 11.4. The molecule has 160 valence electrons. The number of nitrogens with one attached hydrogen (secondary N) is 2. The highest BCUT2D eigenvalue weighted by Crippen LogP contribution is 2.08. The molecule has 0 amide bonds. The molecule has 1 atom stereocenters. The van der Waals surface area contributed by atoms with Gasteiger partial charge in [0, 0.05) is 51.2 Å². The molecule has 1 heterocycles. The van der Waals surface area contributed by atoms with Crippen molar-refractivity contribution in [3.05, 3.63) is 54.1 Å². The van der Waals surface area contributed by atoms with Gasteiger partial charge in [0.1, 0.15) is 5.82 Å². The number of aromatic nitrogens is 2. The topological polar surface area (TPSA) is 57.5 Å². The van der Waals surface area contributed by atoms with Crippen LogP contribution in [-0.2, 0) is 13.1 Å². The molecule has 0 aliphatic carbocycles. The van der Waals surface area contributed by atoms with Crippen molar-refractivity contribution in [1.82, 2.24) is 25.1 Å². The van der Waals surface area contributed by atoms with Crippen LogP contribution in [0.5, 0.6) is 0 Å². The lowest BCUT2D eigenvalue weighted by molar-refractivity contribution is 0.238. The Kier molecular flexibility index (Phi) is 10.3. The van der Waals surface area contributed by atoms with Crippen LogP contribution in [-0.4, -0.2) is 53.1 Å². The van der Waals surface area contributed by atoms with Crippen LogP contribution >= 0.6 is 0 Å². The van der Waals surface area contributed by atoms with E-state index in [0.717, 1.165) is 63.8 Å². The zero-order chi connectivity index (χ0) is 20.9. The van der Waals surface area contributed by atoms with E-state index in [4.69, 9.17) is 4.99 Å². The number of hydrogen-bond acceptors (Lipinski definition) is 3. The Morgan fingerprint density at radius 1 is 1.21 bits per heavy atom. The molecule has 1 aromatic heterocycles. The first-order chi connectivity index (χ1) is 14.1. The third-order valence-corrected chi connectivity index (χ3v) is 5.23. The number of guanidine groups is 1. The monoisotopic (exact) mass is 398 g/mol. The van der Waals surface area contributed by atoms with Crippen LogP contribution in [0.4, 0.5) is 0 Å². The average Bonchev–Trinajstić information content (AvgIpc) is 3.13. The standard InChI is InChI=1S/C23H38N6/c1-5-24-23(26-14-9-10-17-29-18-16-25-21(29)3)27-15-13-20(2)28(4)19-22-11-7-6-8-12-22/h6-8,11-12,16,18,20H,5,9-10,13-15,17,19H2,1-4H3,(H2,24,26,27). The van der Waals surface area contributed by atoms with Gasteiger partial charge in [-0.3, -0.25) is 9.89 Å². The first kappa shape index (κ1) is 22.9. The molecule has 0 fully saturated rings. The van der Waals surface area contributed by atoms with Crippen LogP contribution in [0, 0.1) is 6.92 Å². The summed E-state index contributed by atoms with van der Waals surface area (Å²) in [6.45, 7) is 11.1. The number of hydrogen-bond donors (Lipinski definition) is 2. The quantitative estimate of drug-likeness (QED) is 0.327. The fourth-order valence-electron chi connectivity index (χ4n) is 3.21. The molecule has 6 heteroatoms. The van der Waals surface area contributed by atoms with Gasteiger partial charge < -0.3 is 15.2 Å². The second kappa shape index (κ2) is 13.0. The van der Waals surface area contributed by atoms with E-state index in [2.05, 4.69) is 76.3 Å². The van der Waals surface area contributed by atoms with Crippen molar-refractivity contribution in [2.24, 2.45) is 4.99 Å². The highest BCUT2D eigenvalue weighted by Gasteiger charge is 2.09. The molecule has 1 unspecified atom stereocenters. The lowest BCUT2D eigenvalue weighted by Crippen LogP contribution is -2.40. The minimum Gasteiger partial charge on any atom is -0.357 e. The lowest BCUT2D eigenvalue weighted by Gasteiger charge is -2.25. The molecule has 0 spiro atoms. The second-order valence-corrected chi connectivity index (χ2v) is 7.60. The second-order valence-electron chi connectivity index (χ2n) is 7.60. The Labute approximate surface area is 176 Å². The van der Waals surface area contributed by atoms with Gasteiger partial charge in [-0.25, -0.2) is 4.98 Å². The van der Waals surface area contributed by atoms with Crippen molar-refractivity contribution in [3.8, 4) is 0 Å². The van der Waals surface area contributed by atoms with E-state index in [9.17, 15) is 0 Å². The van der Waals surface area contributed by atoms with Gasteiger partial charge in [0.15, 0.2) is 5.96 Å². The summed E-state index contributed by atoms with van der Waals surface area (Å²) in [6, 6.07) is 11.1. The maximum atomic E-state index is 4.72. The fourth-order valence-corrected chi connectivity index (χ4v) is 3.21. The molecule has 2 aromatic rings. The summed E-state index contributed by atoms with van der Waals surface area (Å²) in [6.07, 6.45) is 7.17. The summed E-state index contributed by atoms with van der Waals surface area (Å²) >= 11 is 0. The molecular weight excluding hydrogens is 360 g/mol. The molecule has 6 nitrogen and oxygen atoms in total. The van der Waals surface area contributed by atoms with E-state index < -0.39 is 0 Å². The highest BCUT2D eigenvalue weighted by atomic mass is 15.2. The van der Waals surface area contributed by atoms with Gasteiger partial charge in [0.05, 0.1) is 0 Å². The predicted molar refractivity (Wildman–Crippen MR) is 122 cm³/mol. The maximum Gasteiger partial charge on any atom is 0.191 e. The molecule has 0 aliphatic rings. The van der Waals surface area contributed by atoms with E-state index in [1.54, 1.807) is 0 Å². The normalized spacial score (nSPS) is 12.9. The maximum absolute atomic E-state index is 4.72. The summed E-state index contributed by atoms with van der Waals surface area (Å²) in [5.74, 6) is 2.00. The van der Waals surface area contributed by atoms with Crippen LogP contribution in [0.3, 0.4) is 0 Å². The van der Waals surface area contributed by atoms with Crippen molar-refractivity contribution in [3.63, 3.8) is 0 Å². The number of nitrogens with zero attached hydrogens (tertiary/aromatic N) is 4. The van der Waals surface area contributed by atoms with Crippen molar-refractivity contribution < 1.29 is 0 Å². The van der Waals surface area contributed by atoms with Gasteiger partial charge in [-0.1, -0.05) is 30.3 Å². The van der Waals surface area contributed by atoms with Crippen LogP contribution in [0.15, 0.2) is 47.7 Å². The Bertz CT molecular complexity index is 709. The van der Waals surface area contributed by atoms with E-state index in [1.165, 1.54) is 5.56 Å². The molecule has 2 rings (SSSR count). The summed E-state index contributed by atoms with van der Waals surface area (Å²) < 4.78 is 2.19. The van der Waals surface area contributed by atoms with Gasteiger partial charge in [-0.15, -0.1) is 0 Å². The van der Waals surface area contributed by atoms with Crippen LogP contribution in [0.1, 0.15) is 44.5 Å². The number of aliphatic imine (C=N–C) groups is 1. The van der Waals surface area contributed by atoms with Gasteiger partial charge in [-0.2, -0.15) is 0 Å². The molecule has 0 bridgehead atoms. The Balaban J connectivity index is 1.66. The minimum atomic E-state index is 0.504. The van der Waals surface area contributed by atoms with E-state index in [1.807, 2.05) is 19.3 Å². The van der Waals surface area contributed by atoms with E-state index >= 15 is 0 Å². The van der Waals surface area contributed by atoms with Crippen molar-refractivity contribution in [2.45, 2.75) is 59.2 Å². The van der Waals surface area contributed by atoms with Gasteiger partial charge in [0.2, 0.25) is 0 Å². The Hall–Kier alpha value is -2.34. The van der Waals surface area contributed by atoms with Gasteiger partial charge >= 0.3 is 0 Å². The number of unbranched alkanes of at least 4 members (excludes halogenated alkanes) is 1. The largest absolute Gasteiger partial charge is 0.357 e. The highest BCUT2D eigenvalue weighted by molar-refractivity contribution is 5.79. The zero-order valence-corrected chi connectivity index (χ0v) is 18.6. The van der Waals surface area contributed by atoms with E-state index in [-0.39, 0.29) is 0 Å². The van der Waals surface area contributed by atoms with Crippen molar-refractivity contribution in [1.29, 1.82) is 0 Å². The Morgan fingerprint density at radius 2 is 2.00 bits per heavy atom. The number of aryl methyl sites for hydroxylation is 2. The minimum absolute atomic E-state index is 0.504. The molecule has 0 saturated carbocycles. The molecule has 0 saturated heterocycles. The first-order valence-electron chi connectivity index (χ1n) is 10.8. The smallest absolute Gasteiger partial charge is 0.191 e. The van der Waals surface area contributed by atoms with Crippen LogP contribution in [0.2, 0.25) is 0 Å². The summed E-state index contributed by atoms with van der Waals surface area (Å²) in [5, 5.41) is 6.83. The molecule has 0 aliphatic heterocycles. The predicted octanol–water partition coefficient (Wildman–Crippen LogP) is 3.44. The molecule has 1 aromatic carbocycles. The number of imidazole rings is 1. The number of benzene rings is 1. The van der Waals surface area contributed by atoms with Gasteiger partial charge in [0.25, 0.3) is 0 Å². The summed E-state index contributed by atoms with van der Waals surface area (Å²) in [7, 11) is 2.19. The van der Waals surface area contributed by atoms with Crippen molar-refractivity contribution >= 4 is 5.96 Å². The SMILES string of the molecule is CCNC(=NCCCCn1ccnc1C)NCCC(C)N(C)Cc1ccccc1. The third-order valence-electron chi connectivity index (χ3n) is 5.23. The molecular formula is C23H38N6. The van der Waals surface area contributed by atoms with Crippen LogP contribution < -0.4 is 10.6 Å². The number of rotatable bonds is 12. The molecule has 0 radical (unpaired) electrons. The molecule has 2 N–H and O–H groups in total. The molecule has 29 heavy (non-hydrogen) atoms. The van der Waals surface area contributed by atoms with Crippen LogP contribution in [0.25, 0.3) is 0 Å². The third kappa shape index (κ3) is 8.69. The van der Waals surface area contributed by atoms with Crippen molar-refractivity contribution in [2.75, 3.05) is 26.7 Å². The summed E-state index contributed by atoms with van der Waals surface area (Å²) in [5.41, 5.74) is 1.36. The lowest BCUT2D eigenvalue weighted by atomic mass is 10.1. The first-order valence-corrected chi connectivity index (χ1v) is 10.8.